The topological polar surface area (TPSA) is 47.9 Å². The fourth-order valence-corrected chi connectivity index (χ4v) is 1.98. The molecule has 3 nitrogen and oxygen atoms in total. The molecule has 0 bridgehead atoms. The summed E-state index contributed by atoms with van der Waals surface area (Å²) in [6.45, 7) is 5.24. The first kappa shape index (κ1) is 11.1. The number of rotatable bonds is 3. The van der Waals surface area contributed by atoms with Gasteiger partial charge in [-0.15, -0.1) is 0 Å². The fourth-order valence-electron chi connectivity index (χ4n) is 1.98. The van der Waals surface area contributed by atoms with E-state index in [0.29, 0.717) is 0 Å². The summed E-state index contributed by atoms with van der Waals surface area (Å²) in [4.78, 5) is 0. The number of nitrogens with zero attached hydrogens (tertiary/aromatic N) is 1. The van der Waals surface area contributed by atoms with Gasteiger partial charge in [-0.2, -0.15) is 5.26 Å². The van der Waals surface area contributed by atoms with E-state index >= 15 is 0 Å². The summed E-state index contributed by atoms with van der Waals surface area (Å²) in [7, 11) is 0. The van der Waals surface area contributed by atoms with E-state index in [2.05, 4.69) is 23.6 Å². The minimum absolute atomic E-state index is 0.216. The Hall–Kier alpha value is -1.37. The molecule has 0 radical (unpaired) electrons. The lowest BCUT2D eigenvalue weighted by Crippen LogP contribution is -2.43. The predicted molar refractivity (Wildman–Crippen MR) is 63.9 cm³/mol. The van der Waals surface area contributed by atoms with Crippen molar-refractivity contribution in [2.75, 3.05) is 13.1 Å². The van der Waals surface area contributed by atoms with Crippen molar-refractivity contribution in [3.8, 4) is 6.07 Å². The van der Waals surface area contributed by atoms with E-state index in [4.69, 9.17) is 5.26 Å². The summed E-state index contributed by atoms with van der Waals surface area (Å²) >= 11 is 0. The zero-order valence-corrected chi connectivity index (χ0v) is 9.59. The van der Waals surface area contributed by atoms with Crippen LogP contribution in [0.15, 0.2) is 24.3 Å². The first-order chi connectivity index (χ1) is 7.72. The first-order valence-corrected chi connectivity index (χ1v) is 5.67. The SMILES string of the molecule is CC1(NCc2ccc(C#N)cc2)CCNC1. The molecule has 0 amide bonds. The lowest BCUT2D eigenvalue weighted by atomic mass is 10.0. The van der Waals surface area contributed by atoms with Gasteiger partial charge < -0.3 is 10.6 Å². The van der Waals surface area contributed by atoms with E-state index < -0.39 is 0 Å². The van der Waals surface area contributed by atoms with Crippen molar-refractivity contribution in [2.24, 2.45) is 0 Å². The second kappa shape index (κ2) is 4.65. The van der Waals surface area contributed by atoms with E-state index in [9.17, 15) is 0 Å². The average Bonchev–Trinajstić information content (AvgIpc) is 2.75. The summed E-state index contributed by atoms with van der Waals surface area (Å²) in [5, 5.41) is 15.6. The number of hydrogen-bond donors (Lipinski definition) is 2. The Morgan fingerprint density at radius 1 is 1.44 bits per heavy atom. The van der Waals surface area contributed by atoms with Gasteiger partial charge in [0.05, 0.1) is 11.6 Å². The monoisotopic (exact) mass is 215 g/mol. The van der Waals surface area contributed by atoms with Crippen LogP contribution in [-0.4, -0.2) is 18.6 Å². The van der Waals surface area contributed by atoms with E-state index in [-0.39, 0.29) is 5.54 Å². The third-order valence-electron chi connectivity index (χ3n) is 3.17. The highest BCUT2D eigenvalue weighted by Gasteiger charge is 2.27. The van der Waals surface area contributed by atoms with E-state index in [1.807, 2.05) is 24.3 Å². The third kappa shape index (κ3) is 2.60. The van der Waals surface area contributed by atoms with Gasteiger partial charge in [0.25, 0.3) is 0 Å². The summed E-state index contributed by atoms with van der Waals surface area (Å²) < 4.78 is 0. The first-order valence-electron chi connectivity index (χ1n) is 5.67. The molecule has 1 unspecified atom stereocenters. The highest BCUT2D eigenvalue weighted by atomic mass is 15.1. The maximum Gasteiger partial charge on any atom is 0.0991 e. The van der Waals surface area contributed by atoms with Crippen molar-refractivity contribution < 1.29 is 0 Å². The quantitative estimate of drug-likeness (QED) is 0.801. The van der Waals surface area contributed by atoms with Crippen LogP contribution in [0.1, 0.15) is 24.5 Å². The molecule has 0 aromatic heterocycles. The fraction of sp³-hybridized carbons (Fsp3) is 0.462. The molecule has 1 aliphatic rings. The van der Waals surface area contributed by atoms with E-state index in [0.717, 1.165) is 25.2 Å². The molecule has 1 saturated heterocycles. The molecule has 1 fully saturated rings. The Bertz CT molecular complexity index is 383. The van der Waals surface area contributed by atoms with Crippen LogP contribution in [0.5, 0.6) is 0 Å². The predicted octanol–water partition coefficient (Wildman–Crippen LogP) is 1.40. The molecule has 1 atom stereocenters. The molecule has 84 valence electrons. The molecule has 2 N–H and O–H groups in total. The zero-order valence-electron chi connectivity index (χ0n) is 9.59. The second-order valence-electron chi connectivity index (χ2n) is 4.65. The molecule has 0 saturated carbocycles. The normalized spacial score (nSPS) is 24.2. The minimum atomic E-state index is 0.216. The van der Waals surface area contributed by atoms with Gasteiger partial charge in [0.2, 0.25) is 0 Å². The van der Waals surface area contributed by atoms with Crippen LogP contribution in [-0.2, 0) is 6.54 Å². The van der Waals surface area contributed by atoms with E-state index in [1.54, 1.807) is 0 Å². The van der Waals surface area contributed by atoms with Gasteiger partial charge in [0.1, 0.15) is 0 Å². The number of benzene rings is 1. The standard InChI is InChI=1S/C13H17N3/c1-13(6-7-15-10-13)16-9-12-4-2-11(8-14)3-5-12/h2-5,15-16H,6-7,9-10H2,1H3. The van der Waals surface area contributed by atoms with Crippen molar-refractivity contribution in [2.45, 2.75) is 25.4 Å². The van der Waals surface area contributed by atoms with Crippen LogP contribution in [0.3, 0.4) is 0 Å². The highest BCUT2D eigenvalue weighted by molar-refractivity contribution is 5.31. The van der Waals surface area contributed by atoms with Crippen molar-refractivity contribution in [3.05, 3.63) is 35.4 Å². The molecule has 2 rings (SSSR count). The molecule has 0 aliphatic carbocycles. The molecule has 1 aromatic carbocycles. The van der Waals surface area contributed by atoms with Crippen LogP contribution in [0.25, 0.3) is 0 Å². The van der Waals surface area contributed by atoms with Crippen LogP contribution in [0, 0.1) is 11.3 Å². The third-order valence-corrected chi connectivity index (χ3v) is 3.17. The van der Waals surface area contributed by atoms with Crippen LogP contribution in [0.4, 0.5) is 0 Å². The molecule has 1 aliphatic heterocycles. The molecule has 16 heavy (non-hydrogen) atoms. The van der Waals surface area contributed by atoms with Crippen molar-refractivity contribution in [1.29, 1.82) is 5.26 Å². The van der Waals surface area contributed by atoms with Crippen molar-refractivity contribution in [3.63, 3.8) is 0 Å². The Morgan fingerprint density at radius 2 is 2.19 bits per heavy atom. The lowest BCUT2D eigenvalue weighted by Gasteiger charge is -2.24. The number of nitrogens with one attached hydrogen (secondary N) is 2. The Kier molecular flexibility index (Phi) is 3.23. The van der Waals surface area contributed by atoms with Gasteiger partial charge in [0, 0.05) is 18.6 Å². The van der Waals surface area contributed by atoms with Crippen LogP contribution < -0.4 is 10.6 Å². The van der Waals surface area contributed by atoms with Gasteiger partial charge in [0.15, 0.2) is 0 Å². The van der Waals surface area contributed by atoms with Gasteiger partial charge in [-0.1, -0.05) is 12.1 Å². The summed E-state index contributed by atoms with van der Waals surface area (Å²) in [6.07, 6.45) is 1.17. The molecule has 1 heterocycles. The van der Waals surface area contributed by atoms with Gasteiger partial charge in [-0.3, -0.25) is 0 Å². The number of nitriles is 1. The Balaban J connectivity index is 1.92. The van der Waals surface area contributed by atoms with Crippen LogP contribution >= 0.6 is 0 Å². The van der Waals surface area contributed by atoms with E-state index in [1.165, 1.54) is 12.0 Å². The smallest absolute Gasteiger partial charge is 0.0991 e. The lowest BCUT2D eigenvalue weighted by molar-refractivity contribution is 0.386. The van der Waals surface area contributed by atoms with Gasteiger partial charge in [-0.25, -0.2) is 0 Å². The number of hydrogen-bond acceptors (Lipinski definition) is 3. The summed E-state index contributed by atoms with van der Waals surface area (Å²) in [6, 6.07) is 9.89. The second-order valence-corrected chi connectivity index (χ2v) is 4.65. The summed E-state index contributed by atoms with van der Waals surface area (Å²) in [5.74, 6) is 0. The van der Waals surface area contributed by atoms with Crippen molar-refractivity contribution >= 4 is 0 Å². The summed E-state index contributed by atoms with van der Waals surface area (Å²) in [5.41, 5.74) is 2.16. The van der Waals surface area contributed by atoms with Gasteiger partial charge in [-0.05, 0) is 37.6 Å². The van der Waals surface area contributed by atoms with Crippen molar-refractivity contribution in [1.82, 2.24) is 10.6 Å². The van der Waals surface area contributed by atoms with Crippen LogP contribution in [0.2, 0.25) is 0 Å². The maximum absolute atomic E-state index is 8.70. The van der Waals surface area contributed by atoms with Gasteiger partial charge >= 0.3 is 0 Å². The maximum atomic E-state index is 8.70. The molecular weight excluding hydrogens is 198 g/mol. The molecule has 3 heteroatoms. The minimum Gasteiger partial charge on any atom is -0.315 e. The largest absolute Gasteiger partial charge is 0.315 e. The highest BCUT2D eigenvalue weighted by Crippen LogP contribution is 2.14. The Labute approximate surface area is 96.5 Å². The molecule has 1 aromatic rings. The zero-order chi connectivity index (χ0) is 11.4. The molecule has 0 spiro atoms. The average molecular weight is 215 g/mol. The molecular formula is C13H17N3. The Morgan fingerprint density at radius 3 is 2.75 bits per heavy atom.